The Morgan fingerprint density at radius 2 is 1.90 bits per heavy atom. The second-order valence-corrected chi connectivity index (χ2v) is 6.20. The van der Waals surface area contributed by atoms with E-state index < -0.39 is 0 Å². The van der Waals surface area contributed by atoms with E-state index in [0.29, 0.717) is 6.04 Å². The summed E-state index contributed by atoms with van der Waals surface area (Å²) in [6.45, 7) is 5.33. The van der Waals surface area contributed by atoms with Crippen molar-refractivity contribution in [2.24, 2.45) is 5.92 Å². The Morgan fingerprint density at radius 1 is 1.10 bits per heavy atom. The van der Waals surface area contributed by atoms with Crippen LogP contribution >= 0.6 is 0 Å². The van der Waals surface area contributed by atoms with Crippen LogP contribution in [0, 0.1) is 5.92 Å². The normalized spacial score (nSPS) is 21.2. The molecular weight excluding hydrogens is 250 g/mol. The van der Waals surface area contributed by atoms with E-state index in [1.807, 2.05) is 12.3 Å². The second-order valence-electron chi connectivity index (χ2n) is 6.20. The summed E-state index contributed by atoms with van der Waals surface area (Å²) in [5.41, 5.74) is 0.105. The Bertz CT molecular complexity index is 473. The van der Waals surface area contributed by atoms with Crippen molar-refractivity contribution in [3.8, 4) is 0 Å². The maximum absolute atomic E-state index is 11.6. The maximum atomic E-state index is 11.6. The molecule has 1 aromatic heterocycles. The second kappa shape index (κ2) is 6.55. The molecule has 1 saturated carbocycles. The zero-order valence-corrected chi connectivity index (χ0v) is 12.1. The van der Waals surface area contributed by atoms with Gasteiger partial charge in [-0.15, -0.1) is 0 Å². The Kier molecular flexibility index (Phi) is 4.53. The fraction of sp³-hybridized carbons (Fsp3) is 0.688. The molecule has 0 unspecified atom stereocenters. The van der Waals surface area contributed by atoms with Crippen molar-refractivity contribution in [3.05, 3.63) is 34.7 Å². The molecule has 0 aromatic carbocycles. The fourth-order valence-electron chi connectivity index (χ4n) is 2.91. The van der Waals surface area contributed by atoms with Crippen LogP contribution in [0.3, 0.4) is 0 Å². The number of rotatable bonds is 6. The van der Waals surface area contributed by atoms with E-state index in [1.54, 1.807) is 16.7 Å². The summed E-state index contributed by atoms with van der Waals surface area (Å²) < 4.78 is 1.80. The quantitative estimate of drug-likeness (QED) is 0.850. The van der Waals surface area contributed by atoms with E-state index in [4.69, 9.17) is 0 Å². The van der Waals surface area contributed by atoms with Crippen LogP contribution in [-0.4, -0.2) is 41.7 Å². The Morgan fingerprint density at radius 3 is 2.60 bits per heavy atom. The molecule has 0 atom stereocenters. The number of likely N-dealkylation sites (tertiary alicyclic amines) is 1. The van der Waals surface area contributed by atoms with E-state index in [2.05, 4.69) is 10.2 Å². The number of pyridine rings is 1. The van der Waals surface area contributed by atoms with Crippen LogP contribution in [0.2, 0.25) is 0 Å². The Balaban J connectivity index is 1.37. The molecule has 4 nitrogen and oxygen atoms in total. The average molecular weight is 275 g/mol. The van der Waals surface area contributed by atoms with Crippen molar-refractivity contribution >= 4 is 0 Å². The van der Waals surface area contributed by atoms with Crippen molar-refractivity contribution in [1.82, 2.24) is 14.8 Å². The minimum Gasteiger partial charge on any atom is -0.314 e. The van der Waals surface area contributed by atoms with Crippen molar-refractivity contribution in [1.29, 1.82) is 0 Å². The van der Waals surface area contributed by atoms with E-state index in [0.717, 1.165) is 32.1 Å². The number of nitrogens with zero attached hydrogens (tertiary/aromatic N) is 2. The first-order valence-corrected chi connectivity index (χ1v) is 7.92. The van der Waals surface area contributed by atoms with Crippen LogP contribution in [-0.2, 0) is 6.54 Å². The predicted octanol–water partition coefficient (Wildman–Crippen LogP) is 1.31. The molecule has 1 aliphatic carbocycles. The SMILES string of the molecule is O=c1ccccn1CCN1CCC(NCC2CC2)CC1. The third kappa shape index (κ3) is 3.93. The van der Waals surface area contributed by atoms with Gasteiger partial charge in [-0.3, -0.25) is 4.79 Å². The first-order chi connectivity index (χ1) is 9.81. The minimum atomic E-state index is 0.105. The number of piperidine rings is 1. The van der Waals surface area contributed by atoms with Gasteiger partial charge in [0.1, 0.15) is 0 Å². The van der Waals surface area contributed by atoms with Gasteiger partial charge in [0.15, 0.2) is 0 Å². The van der Waals surface area contributed by atoms with Gasteiger partial charge >= 0.3 is 0 Å². The smallest absolute Gasteiger partial charge is 0.250 e. The molecular formula is C16H25N3O. The highest BCUT2D eigenvalue weighted by Gasteiger charge is 2.24. The molecule has 20 heavy (non-hydrogen) atoms. The van der Waals surface area contributed by atoms with E-state index in [1.165, 1.54) is 32.2 Å². The number of aromatic nitrogens is 1. The van der Waals surface area contributed by atoms with Gasteiger partial charge in [0, 0.05) is 31.4 Å². The van der Waals surface area contributed by atoms with Crippen LogP contribution in [0.5, 0.6) is 0 Å². The highest BCUT2D eigenvalue weighted by atomic mass is 16.1. The predicted molar refractivity (Wildman–Crippen MR) is 80.9 cm³/mol. The number of nitrogens with one attached hydrogen (secondary N) is 1. The molecule has 3 rings (SSSR count). The van der Waals surface area contributed by atoms with Crippen LogP contribution in [0.15, 0.2) is 29.2 Å². The lowest BCUT2D eigenvalue weighted by Gasteiger charge is -2.32. The van der Waals surface area contributed by atoms with Gasteiger partial charge in [0.05, 0.1) is 0 Å². The van der Waals surface area contributed by atoms with Gasteiger partial charge in [-0.1, -0.05) is 6.07 Å². The van der Waals surface area contributed by atoms with Gasteiger partial charge in [0.2, 0.25) is 0 Å². The highest BCUT2D eigenvalue weighted by molar-refractivity contribution is 4.93. The maximum Gasteiger partial charge on any atom is 0.250 e. The largest absolute Gasteiger partial charge is 0.314 e. The topological polar surface area (TPSA) is 37.3 Å². The van der Waals surface area contributed by atoms with Crippen LogP contribution < -0.4 is 10.9 Å². The fourth-order valence-corrected chi connectivity index (χ4v) is 2.91. The third-order valence-electron chi connectivity index (χ3n) is 4.54. The summed E-state index contributed by atoms with van der Waals surface area (Å²) in [7, 11) is 0. The summed E-state index contributed by atoms with van der Waals surface area (Å²) >= 11 is 0. The molecule has 0 spiro atoms. The van der Waals surface area contributed by atoms with Crippen molar-refractivity contribution in [3.63, 3.8) is 0 Å². The van der Waals surface area contributed by atoms with Gasteiger partial charge in [-0.2, -0.15) is 0 Å². The molecule has 0 radical (unpaired) electrons. The van der Waals surface area contributed by atoms with Gasteiger partial charge in [-0.25, -0.2) is 0 Å². The molecule has 0 amide bonds. The third-order valence-corrected chi connectivity index (χ3v) is 4.54. The van der Waals surface area contributed by atoms with Gasteiger partial charge < -0.3 is 14.8 Å². The van der Waals surface area contributed by atoms with Crippen LogP contribution in [0.25, 0.3) is 0 Å². The lowest BCUT2D eigenvalue weighted by atomic mass is 10.0. The average Bonchev–Trinajstić information content (AvgIpc) is 3.30. The molecule has 4 heteroatoms. The standard InChI is InChI=1S/C16H25N3O/c20-16-3-1-2-8-19(16)12-11-18-9-6-15(7-10-18)17-13-14-4-5-14/h1-3,8,14-15,17H,4-7,9-13H2. The molecule has 1 aromatic rings. The molecule has 2 aliphatic rings. The summed E-state index contributed by atoms with van der Waals surface area (Å²) in [6.07, 6.45) is 7.23. The van der Waals surface area contributed by atoms with Crippen molar-refractivity contribution < 1.29 is 0 Å². The van der Waals surface area contributed by atoms with Crippen LogP contribution in [0.4, 0.5) is 0 Å². The van der Waals surface area contributed by atoms with Gasteiger partial charge in [0.25, 0.3) is 5.56 Å². The molecule has 1 N–H and O–H groups in total. The van der Waals surface area contributed by atoms with E-state index >= 15 is 0 Å². The monoisotopic (exact) mass is 275 g/mol. The summed E-state index contributed by atoms with van der Waals surface area (Å²) in [4.78, 5) is 14.1. The first kappa shape index (κ1) is 13.8. The zero-order chi connectivity index (χ0) is 13.8. The van der Waals surface area contributed by atoms with E-state index in [-0.39, 0.29) is 5.56 Å². The van der Waals surface area contributed by atoms with Crippen LogP contribution in [0.1, 0.15) is 25.7 Å². The number of hydrogen-bond acceptors (Lipinski definition) is 3. The van der Waals surface area contributed by atoms with Gasteiger partial charge in [-0.05, 0) is 57.3 Å². The van der Waals surface area contributed by atoms with Crippen molar-refractivity contribution in [2.45, 2.75) is 38.3 Å². The lowest BCUT2D eigenvalue weighted by Crippen LogP contribution is -2.44. The molecule has 2 fully saturated rings. The van der Waals surface area contributed by atoms with E-state index in [9.17, 15) is 4.79 Å². The van der Waals surface area contributed by atoms with Crippen molar-refractivity contribution in [2.75, 3.05) is 26.2 Å². The summed E-state index contributed by atoms with van der Waals surface area (Å²) in [5.74, 6) is 0.970. The molecule has 110 valence electrons. The molecule has 1 aliphatic heterocycles. The summed E-state index contributed by atoms with van der Waals surface area (Å²) in [6, 6.07) is 6.07. The Labute approximate surface area is 120 Å². The first-order valence-electron chi connectivity index (χ1n) is 7.92. The Hall–Kier alpha value is -1.13. The number of hydrogen-bond donors (Lipinski definition) is 1. The lowest BCUT2D eigenvalue weighted by molar-refractivity contribution is 0.190. The minimum absolute atomic E-state index is 0.105. The molecule has 0 bridgehead atoms. The molecule has 1 saturated heterocycles. The zero-order valence-electron chi connectivity index (χ0n) is 12.1. The highest BCUT2D eigenvalue weighted by Crippen LogP contribution is 2.28. The summed E-state index contributed by atoms with van der Waals surface area (Å²) in [5, 5.41) is 3.71. The molecule has 2 heterocycles.